The van der Waals surface area contributed by atoms with Gasteiger partial charge in [0, 0.05) is 5.92 Å². The highest BCUT2D eigenvalue weighted by Gasteiger charge is 2.35. The first-order valence-corrected chi connectivity index (χ1v) is 11.2. The molecular formula is C26H23N3O6. The number of benzene rings is 2. The van der Waals surface area contributed by atoms with E-state index in [0.717, 1.165) is 22.3 Å². The molecule has 2 unspecified atom stereocenters. The third-order valence-electron chi connectivity index (χ3n) is 6.30. The first kappa shape index (κ1) is 22.5. The number of anilines is 1. The van der Waals surface area contributed by atoms with Crippen molar-refractivity contribution in [2.24, 2.45) is 5.92 Å². The molecule has 0 radical (unpaired) electrons. The van der Waals surface area contributed by atoms with Crippen molar-refractivity contribution in [3.63, 3.8) is 0 Å². The number of nitrogens with one attached hydrogen (secondary N) is 2. The Labute approximate surface area is 201 Å². The summed E-state index contributed by atoms with van der Waals surface area (Å²) in [4.78, 5) is 40.2. The zero-order chi connectivity index (χ0) is 24.4. The lowest BCUT2D eigenvalue weighted by atomic mass is 9.98. The maximum Gasteiger partial charge on any atom is 0.411 e. The van der Waals surface area contributed by atoms with Crippen LogP contribution in [-0.2, 0) is 14.3 Å². The lowest BCUT2D eigenvalue weighted by Gasteiger charge is -2.15. The second kappa shape index (κ2) is 9.55. The number of hydrogen-bond acceptors (Lipinski definition) is 6. The van der Waals surface area contributed by atoms with Crippen LogP contribution in [0, 0.1) is 5.92 Å². The molecule has 3 aromatic rings. The van der Waals surface area contributed by atoms with Gasteiger partial charge < -0.3 is 19.9 Å². The minimum atomic E-state index is -1.02. The molecule has 3 N–H and O–H groups in total. The van der Waals surface area contributed by atoms with Crippen molar-refractivity contribution in [1.29, 1.82) is 0 Å². The zero-order valence-electron chi connectivity index (χ0n) is 18.6. The van der Waals surface area contributed by atoms with Gasteiger partial charge in [-0.15, -0.1) is 0 Å². The van der Waals surface area contributed by atoms with Crippen LogP contribution < -0.4 is 10.6 Å². The number of nitrogens with zero attached hydrogens (tertiary/aromatic N) is 1. The molecule has 35 heavy (non-hydrogen) atoms. The highest BCUT2D eigenvalue weighted by molar-refractivity contribution is 5.93. The summed E-state index contributed by atoms with van der Waals surface area (Å²) in [6.07, 6.45) is 0.717. The van der Waals surface area contributed by atoms with Gasteiger partial charge in [0.05, 0.1) is 31.1 Å². The highest BCUT2D eigenvalue weighted by Crippen LogP contribution is 2.44. The molecule has 2 atom stereocenters. The maximum atomic E-state index is 12.4. The quantitative estimate of drug-likeness (QED) is 0.501. The van der Waals surface area contributed by atoms with Crippen LogP contribution in [0.3, 0.4) is 0 Å². The van der Waals surface area contributed by atoms with E-state index in [4.69, 9.17) is 9.47 Å². The van der Waals surface area contributed by atoms with Crippen LogP contribution in [-0.4, -0.2) is 53.9 Å². The smallest absolute Gasteiger partial charge is 0.411 e. The molecule has 9 heteroatoms. The summed E-state index contributed by atoms with van der Waals surface area (Å²) in [6, 6.07) is 18.5. The van der Waals surface area contributed by atoms with Gasteiger partial charge in [-0.1, -0.05) is 48.5 Å². The Bertz CT molecular complexity index is 1230. The van der Waals surface area contributed by atoms with E-state index in [9.17, 15) is 19.5 Å². The van der Waals surface area contributed by atoms with E-state index in [-0.39, 0.29) is 31.4 Å². The summed E-state index contributed by atoms with van der Waals surface area (Å²) >= 11 is 0. The molecule has 1 aromatic heterocycles. The second-order valence-corrected chi connectivity index (χ2v) is 8.44. The molecular weight excluding hydrogens is 450 g/mol. The highest BCUT2D eigenvalue weighted by atomic mass is 16.5. The molecule has 2 aromatic carbocycles. The lowest BCUT2D eigenvalue weighted by molar-refractivity contribution is -0.142. The SMILES string of the molecule is O=C(Nc1ccc(C(=O)NC2COCC2C(=O)O)nc1)OCC1c2ccccc2-c2ccccc21. The molecule has 1 aliphatic heterocycles. The van der Waals surface area contributed by atoms with Crippen molar-refractivity contribution in [3.05, 3.63) is 83.7 Å². The molecule has 1 fully saturated rings. The van der Waals surface area contributed by atoms with Gasteiger partial charge in [-0.25, -0.2) is 9.78 Å². The lowest BCUT2D eigenvalue weighted by Crippen LogP contribution is -2.42. The van der Waals surface area contributed by atoms with E-state index >= 15 is 0 Å². The van der Waals surface area contributed by atoms with Gasteiger partial charge in [-0.3, -0.25) is 14.9 Å². The van der Waals surface area contributed by atoms with Gasteiger partial charge in [-0.05, 0) is 34.4 Å². The van der Waals surface area contributed by atoms with Crippen molar-refractivity contribution in [3.8, 4) is 11.1 Å². The molecule has 0 spiro atoms. The van der Waals surface area contributed by atoms with Gasteiger partial charge in [0.25, 0.3) is 5.91 Å². The van der Waals surface area contributed by atoms with Crippen LogP contribution in [0.15, 0.2) is 66.9 Å². The monoisotopic (exact) mass is 473 g/mol. The standard InChI is InChI=1S/C26H23N3O6/c30-24(29-23-14-34-12-21(23)25(31)32)22-10-9-15(11-27-22)28-26(33)35-13-20-18-7-3-1-5-16(18)17-6-2-4-8-19(17)20/h1-11,20-21,23H,12-14H2,(H,28,33)(H,29,30)(H,31,32). The van der Waals surface area contributed by atoms with E-state index in [2.05, 4.69) is 27.8 Å². The molecule has 1 aliphatic carbocycles. The number of pyridine rings is 1. The summed E-state index contributed by atoms with van der Waals surface area (Å²) in [6.45, 7) is 0.364. The summed E-state index contributed by atoms with van der Waals surface area (Å²) < 4.78 is 10.7. The number of carbonyl (C=O) groups excluding carboxylic acids is 2. The Hall–Kier alpha value is -4.24. The summed E-state index contributed by atoms with van der Waals surface area (Å²) in [5.74, 6) is -2.39. The van der Waals surface area contributed by atoms with Crippen LogP contribution in [0.4, 0.5) is 10.5 Å². The fourth-order valence-electron chi connectivity index (χ4n) is 4.54. The van der Waals surface area contributed by atoms with Crippen LogP contribution in [0.25, 0.3) is 11.1 Å². The van der Waals surface area contributed by atoms with Gasteiger partial charge in [0.1, 0.15) is 18.2 Å². The van der Waals surface area contributed by atoms with Gasteiger partial charge in [0.2, 0.25) is 0 Å². The molecule has 1 saturated heterocycles. The number of carboxylic acids is 1. The third kappa shape index (κ3) is 4.58. The van der Waals surface area contributed by atoms with Gasteiger partial charge >= 0.3 is 12.1 Å². The molecule has 2 aliphatic rings. The number of amides is 2. The molecule has 0 saturated carbocycles. The van der Waals surface area contributed by atoms with Crippen LogP contribution in [0.5, 0.6) is 0 Å². The number of aromatic nitrogens is 1. The van der Waals surface area contributed by atoms with Crippen molar-refractivity contribution in [1.82, 2.24) is 10.3 Å². The largest absolute Gasteiger partial charge is 0.481 e. The number of fused-ring (bicyclic) bond motifs is 3. The Kier molecular flexibility index (Phi) is 6.15. The zero-order valence-corrected chi connectivity index (χ0v) is 18.6. The number of carboxylic acid groups (broad SMARTS) is 1. The number of ether oxygens (including phenoxy) is 2. The minimum absolute atomic E-state index is 0.0495. The predicted octanol–water partition coefficient (Wildman–Crippen LogP) is 3.27. The average molecular weight is 473 g/mol. The first-order valence-electron chi connectivity index (χ1n) is 11.2. The molecule has 178 valence electrons. The van der Waals surface area contributed by atoms with Crippen molar-refractivity contribution in [2.75, 3.05) is 25.1 Å². The van der Waals surface area contributed by atoms with Crippen molar-refractivity contribution < 1.29 is 29.0 Å². The fourth-order valence-corrected chi connectivity index (χ4v) is 4.54. The number of aliphatic carboxylic acids is 1. The van der Waals surface area contributed by atoms with Crippen LogP contribution in [0.1, 0.15) is 27.5 Å². The molecule has 0 bridgehead atoms. The average Bonchev–Trinajstić information content (AvgIpc) is 3.46. The Morgan fingerprint density at radius 2 is 1.66 bits per heavy atom. The Balaban J connectivity index is 1.18. The maximum absolute atomic E-state index is 12.4. The predicted molar refractivity (Wildman–Crippen MR) is 126 cm³/mol. The topological polar surface area (TPSA) is 127 Å². The van der Waals surface area contributed by atoms with Gasteiger partial charge in [0.15, 0.2) is 0 Å². The number of hydrogen-bond donors (Lipinski definition) is 3. The molecule has 5 rings (SSSR count). The van der Waals surface area contributed by atoms with E-state index < -0.39 is 29.9 Å². The summed E-state index contributed by atoms with van der Waals surface area (Å²) in [7, 11) is 0. The molecule has 9 nitrogen and oxygen atoms in total. The van der Waals surface area contributed by atoms with E-state index in [0.29, 0.717) is 5.69 Å². The minimum Gasteiger partial charge on any atom is -0.481 e. The molecule has 2 amide bonds. The molecule has 2 heterocycles. The fraction of sp³-hybridized carbons (Fsp3) is 0.231. The summed E-state index contributed by atoms with van der Waals surface area (Å²) in [5, 5.41) is 14.5. The van der Waals surface area contributed by atoms with Gasteiger partial charge in [-0.2, -0.15) is 0 Å². The van der Waals surface area contributed by atoms with Crippen molar-refractivity contribution >= 4 is 23.7 Å². The second-order valence-electron chi connectivity index (χ2n) is 8.44. The normalized spacial score (nSPS) is 18.4. The number of rotatable bonds is 6. The van der Waals surface area contributed by atoms with Crippen molar-refractivity contribution in [2.45, 2.75) is 12.0 Å². The summed E-state index contributed by atoms with van der Waals surface area (Å²) in [5.41, 5.74) is 5.00. The van der Waals surface area contributed by atoms with Crippen LogP contribution >= 0.6 is 0 Å². The Morgan fingerprint density at radius 1 is 0.971 bits per heavy atom. The third-order valence-corrected chi connectivity index (χ3v) is 6.30. The Morgan fingerprint density at radius 3 is 2.29 bits per heavy atom. The van der Waals surface area contributed by atoms with Crippen LogP contribution in [0.2, 0.25) is 0 Å². The van der Waals surface area contributed by atoms with E-state index in [1.165, 1.54) is 18.3 Å². The van der Waals surface area contributed by atoms with E-state index in [1.54, 1.807) is 0 Å². The number of carbonyl (C=O) groups is 3. The first-order chi connectivity index (χ1) is 17.0. The van der Waals surface area contributed by atoms with E-state index in [1.807, 2.05) is 36.4 Å².